The molecular formula is C15H18N2. The standard InChI is InChI=1S/C15H18N2/c1-12-5-2-3-8-15(12)17-10-9-13-6-4-7-14(16)11-13/h2-8,11,17H,9-10,16H2,1H3. The van der Waals surface area contributed by atoms with Crippen molar-refractivity contribution in [3.05, 3.63) is 59.7 Å². The van der Waals surface area contributed by atoms with Crippen LogP contribution >= 0.6 is 0 Å². The largest absolute Gasteiger partial charge is 0.399 e. The number of nitrogens with one attached hydrogen (secondary N) is 1. The molecule has 0 spiro atoms. The molecule has 0 aliphatic heterocycles. The van der Waals surface area contributed by atoms with E-state index in [0.29, 0.717) is 0 Å². The van der Waals surface area contributed by atoms with Crippen LogP contribution in [0.3, 0.4) is 0 Å². The highest BCUT2D eigenvalue weighted by molar-refractivity contribution is 5.50. The second-order valence-corrected chi connectivity index (χ2v) is 4.24. The van der Waals surface area contributed by atoms with E-state index in [1.807, 2.05) is 18.2 Å². The number of benzene rings is 2. The van der Waals surface area contributed by atoms with E-state index in [0.717, 1.165) is 18.7 Å². The van der Waals surface area contributed by atoms with E-state index in [4.69, 9.17) is 5.73 Å². The highest BCUT2D eigenvalue weighted by Gasteiger charge is 1.97. The minimum absolute atomic E-state index is 0.832. The molecule has 0 aliphatic carbocycles. The Morgan fingerprint density at radius 3 is 2.65 bits per heavy atom. The number of aryl methyl sites for hydroxylation is 1. The van der Waals surface area contributed by atoms with Crippen molar-refractivity contribution in [3.63, 3.8) is 0 Å². The van der Waals surface area contributed by atoms with Gasteiger partial charge in [0.05, 0.1) is 0 Å². The molecule has 0 saturated carbocycles. The van der Waals surface area contributed by atoms with Crippen molar-refractivity contribution in [2.24, 2.45) is 0 Å². The Morgan fingerprint density at radius 1 is 1.06 bits per heavy atom. The number of para-hydroxylation sites is 1. The normalized spacial score (nSPS) is 10.2. The number of nitrogen functional groups attached to an aromatic ring is 1. The summed E-state index contributed by atoms with van der Waals surface area (Å²) in [4.78, 5) is 0. The van der Waals surface area contributed by atoms with E-state index in [-0.39, 0.29) is 0 Å². The maximum atomic E-state index is 5.75. The van der Waals surface area contributed by atoms with Crippen LogP contribution in [0.5, 0.6) is 0 Å². The number of hydrogen-bond donors (Lipinski definition) is 2. The van der Waals surface area contributed by atoms with Crippen molar-refractivity contribution in [2.45, 2.75) is 13.3 Å². The monoisotopic (exact) mass is 226 g/mol. The van der Waals surface area contributed by atoms with Gasteiger partial charge in [-0.1, -0.05) is 30.3 Å². The minimum Gasteiger partial charge on any atom is -0.399 e. The lowest BCUT2D eigenvalue weighted by Crippen LogP contribution is -2.06. The summed E-state index contributed by atoms with van der Waals surface area (Å²) in [5, 5.41) is 3.44. The van der Waals surface area contributed by atoms with E-state index >= 15 is 0 Å². The highest BCUT2D eigenvalue weighted by atomic mass is 14.9. The lowest BCUT2D eigenvalue weighted by Gasteiger charge is -2.09. The quantitative estimate of drug-likeness (QED) is 0.785. The van der Waals surface area contributed by atoms with Gasteiger partial charge in [0.25, 0.3) is 0 Å². The van der Waals surface area contributed by atoms with Crippen molar-refractivity contribution >= 4 is 11.4 Å². The van der Waals surface area contributed by atoms with Gasteiger partial charge in [-0.3, -0.25) is 0 Å². The Hall–Kier alpha value is -1.96. The van der Waals surface area contributed by atoms with Crippen molar-refractivity contribution in [1.82, 2.24) is 0 Å². The van der Waals surface area contributed by atoms with Gasteiger partial charge >= 0.3 is 0 Å². The Bertz CT molecular complexity index is 492. The third-order valence-corrected chi connectivity index (χ3v) is 2.83. The molecule has 3 N–H and O–H groups in total. The van der Waals surface area contributed by atoms with Crippen LogP contribution < -0.4 is 11.1 Å². The molecule has 2 nitrogen and oxygen atoms in total. The molecular weight excluding hydrogens is 208 g/mol. The Kier molecular flexibility index (Phi) is 3.66. The average Bonchev–Trinajstić information content (AvgIpc) is 2.32. The molecule has 0 heterocycles. The Labute approximate surface area is 102 Å². The van der Waals surface area contributed by atoms with Crippen LogP contribution in [0.2, 0.25) is 0 Å². The van der Waals surface area contributed by atoms with Crippen LogP contribution in [0, 0.1) is 6.92 Å². The van der Waals surface area contributed by atoms with Crippen LogP contribution in [-0.2, 0) is 6.42 Å². The molecule has 0 aromatic heterocycles. The summed E-state index contributed by atoms with van der Waals surface area (Å²) in [5.41, 5.74) is 10.3. The molecule has 0 fully saturated rings. The van der Waals surface area contributed by atoms with E-state index in [9.17, 15) is 0 Å². The lowest BCUT2D eigenvalue weighted by atomic mass is 10.1. The molecule has 0 atom stereocenters. The summed E-state index contributed by atoms with van der Waals surface area (Å²) in [6, 6.07) is 16.4. The second-order valence-electron chi connectivity index (χ2n) is 4.24. The predicted molar refractivity (Wildman–Crippen MR) is 74.2 cm³/mol. The van der Waals surface area contributed by atoms with Crippen LogP contribution in [0.15, 0.2) is 48.5 Å². The number of hydrogen-bond acceptors (Lipinski definition) is 2. The third-order valence-electron chi connectivity index (χ3n) is 2.83. The smallest absolute Gasteiger partial charge is 0.0369 e. The van der Waals surface area contributed by atoms with Gasteiger partial charge in [-0.25, -0.2) is 0 Å². The summed E-state index contributed by atoms with van der Waals surface area (Å²) in [5.74, 6) is 0. The second kappa shape index (κ2) is 5.39. The van der Waals surface area contributed by atoms with Gasteiger partial charge in [0, 0.05) is 17.9 Å². The van der Waals surface area contributed by atoms with Gasteiger partial charge in [-0.2, -0.15) is 0 Å². The first-order chi connectivity index (χ1) is 8.25. The van der Waals surface area contributed by atoms with Gasteiger partial charge in [0.15, 0.2) is 0 Å². The van der Waals surface area contributed by atoms with Crippen molar-refractivity contribution in [3.8, 4) is 0 Å². The molecule has 2 rings (SSSR count). The van der Waals surface area contributed by atoms with Crippen molar-refractivity contribution in [1.29, 1.82) is 0 Å². The molecule has 88 valence electrons. The summed E-state index contributed by atoms with van der Waals surface area (Å²) in [6.45, 7) is 3.04. The van der Waals surface area contributed by atoms with E-state index in [1.54, 1.807) is 0 Å². The van der Waals surface area contributed by atoms with Gasteiger partial charge in [0.2, 0.25) is 0 Å². The Morgan fingerprint density at radius 2 is 1.88 bits per heavy atom. The number of anilines is 2. The topological polar surface area (TPSA) is 38.0 Å². The van der Waals surface area contributed by atoms with Gasteiger partial charge in [-0.15, -0.1) is 0 Å². The zero-order valence-electron chi connectivity index (χ0n) is 10.1. The summed E-state index contributed by atoms with van der Waals surface area (Å²) < 4.78 is 0. The first-order valence-electron chi connectivity index (χ1n) is 5.89. The first kappa shape index (κ1) is 11.5. The molecule has 0 unspecified atom stereocenters. The molecule has 0 aliphatic rings. The molecule has 0 saturated heterocycles. The third kappa shape index (κ3) is 3.25. The zero-order chi connectivity index (χ0) is 12.1. The lowest BCUT2D eigenvalue weighted by molar-refractivity contribution is 1.02. The van der Waals surface area contributed by atoms with Crippen molar-refractivity contribution in [2.75, 3.05) is 17.6 Å². The van der Waals surface area contributed by atoms with E-state index in [2.05, 4.69) is 42.6 Å². The maximum absolute atomic E-state index is 5.75. The molecule has 2 heteroatoms. The van der Waals surface area contributed by atoms with Crippen LogP contribution in [0.25, 0.3) is 0 Å². The maximum Gasteiger partial charge on any atom is 0.0369 e. The fourth-order valence-corrected chi connectivity index (χ4v) is 1.86. The summed E-state index contributed by atoms with van der Waals surface area (Å²) >= 11 is 0. The minimum atomic E-state index is 0.832. The van der Waals surface area contributed by atoms with Crippen molar-refractivity contribution < 1.29 is 0 Å². The number of rotatable bonds is 4. The highest BCUT2D eigenvalue weighted by Crippen LogP contribution is 2.13. The SMILES string of the molecule is Cc1ccccc1NCCc1cccc(N)c1. The van der Waals surface area contributed by atoms with Gasteiger partial charge in [-0.05, 0) is 42.7 Å². The molecule has 0 radical (unpaired) electrons. The van der Waals surface area contributed by atoms with Gasteiger partial charge < -0.3 is 11.1 Å². The molecule has 2 aromatic carbocycles. The molecule has 0 amide bonds. The van der Waals surface area contributed by atoms with Crippen LogP contribution in [0.4, 0.5) is 11.4 Å². The van der Waals surface area contributed by atoms with Gasteiger partial charge in [0.1, 0.15) is 0 Å². The summed E-state index contributed by atoms with van der Waals surface area (Å²) in [6.07, 6.45) is 0.985. The fraction of sp³-hybridized carbons (Fsp3) is 0.200. The van der Waals surface area contributed by atoms with Crippen LogP contribution in [-0.4, -0.2) is 6.54 Å². The summed E-state index contributed by atoms with van der Waals surface area (Å²) in [7, 11) is 0. The molecule has 0 bridgehead atoms. The zero-order valence-corrected chi connectivity index (χ0v) is 10.1. The predicted octanol–water partition coefficient (Wildman–Crippen LogP) is 3.23. The van der Waals surface area contributed by atoms with E-state index in [1.165, 1.54) is 16.8 Å². The molecule has 17 heavy (non-hydrogen) atoms. The number of nitrogens with two attached hydrogens (primary N) is 1. The van der Waals surface area contributed by atoms with E-state index < -0.39 is 0 Å². The fourth-order valence-electron chi connectivity index (χ4n) is 1.86. The average molecular weight is 226 g/mol. The first-order valence-corrected chi connectivity index (χ1v) is 5.89. The molecule has 2 aromatic rings. The Balaban J connectivity index is 1.90. The van der Waals surface area contributed by atoms with Crippen LogP contribution in [0.1, 0.15) is 11.1 Å².